The van der Waals surface area contributed by atoms with Crippen molar-refractivity contribution < 1.29 is 13.2 Å². The molecule has 0 aliphatic heterocycles. The van der Waals surface area contributed by atoms with Crippen molar-refractivity contribution in [3.63, 3.8) is 0 Å². The predicted molar refractivity (Wildman–Crippen MR) is 86.0 cm³/mol. The van der Waals surface area contributed by atoms with Crippen LogP contribution in [-0.2, 0) is 12.7 Å². The lowest BCUT2D eigenvalue weighted by Gasteiger charge is -2.16. The summed E-state index contributed by atoms with van der Waals surface area (Å²) in [5, 5.41) is 5.54. The topological polar surface area (TPSA) is 24.1 Å². The SMILES string of the molecule is FC(F)(F)c1cc(Cl)ccc1NC(=S)NCc1ccccc1. The van der Waals surface area contributed by atoms with Crippen molar-refractivity contribution >= 4 is 34.6 Å². The smallest absolute Gasteiger partial charge is 0.358 e. The highest BCUT2D eigenvalue weighted by Crippen LogP contribution is 2.36. The zero-order valence-electron chi connectivity index (χ0n) is 11.2. The van der Waals surface area contributed by atoms with Crippen molar-refractivity contribution in [2.45, 2.75) is 12.7 Å². The molecule has 2 aromatic carbocycles. The average Bonchev–Trinajstić information content (AvgIpc) is 2.47. The zero-order valence-corrected chi connectivity index (χ0v) is 12.8. The third-order valence-corrected chi connectivity index (χ3v) is 3.31. The van der Waals surface area contributed by atoms with Crippen LogP contribution in [0.25, 0.3) is 0 Å². The number of nitrogens with one attached hydrogen (secondary N) is 2. The number of hydrogen-bond donors (Lipinski definition) is 2. The molecule has 0 aliphatic rings. The van der Waals surface area contributed by atoms with E-state index in [0.717, 1.165) is 11.6 Å². The van der Waals surface area contributed by atoms with Crippen molar-refractivity contribution in [3.8, 4) is 0 Å². The maximum Gasteiger partial charge on any atom is 0.418 e. The number of benzene rings is 2. The minimum Gasteiger partial charge on any atom is -0.358 e. The van der Waals surface area contributed by atoms with Crippen LogP contribution in [0.3, 0.4) is 0 Å². The van der Waals surface area contributed by atoms with E-state index in [4.69, 9.17) is 23.8 Å². The molecule has 0 fully saturated rings. The molecule has 0 heterocycles. The third-order valence-electron chi connectivity index (χ3n) is 2.83. The lowest BCUT2D eigenvalue weighted by molar-refractivity contribution is -0.136. The van der Waals surface area contributed by atoms with Crippen LogP contribution in [0.15, 0.2) is 48.5 Å². The minimum atomic E-state index is -4.51. The Morgan fingerprint density at radius 3 is 2.41 bits per heavy atom. The van der Waals surface area contributed by atoms with Crippen LogP contribution in [0.4, 0.5) is 18.9 Å². The lowest BCUT2D eigenvalue weighted by Crippen LogP contribution is -2.28. The zero-order chi connectivity index (χ0) is 16.2. The highest BCUT2D eigenvalue weighted by atomic mass is 35.5. The maximum absolute atomic E-state index is 13.0. The number of anilines is 1. The van der Waals surface area contributed by atoms with Gasteiger partial charge in [-0.05, 0) is 36.0 Å². The summed E-state index contributed by atoms with van der Waals surface area (Å²) in [6.45, 7) is 0.418. The molecule has 0 aromatic heterocycles. The van der Waals surface area contributed by atoms with Gasteiger partial charge in [-0.3, -0.25) is 0 Å². The first-order valence-corrected chi connectivity index (χ1v) is 7.10. The van der Waals surface area contributed by atoms with Gasteiger partial charge < -0.3 is 10.6 Å². The van der Waals surface area contributed by atoms with Crippen LogP contribution in [-0.4, -0.2) is 5.11 Å². The second-order valence-corrected chi connectivity index (χ2v) is 5.33. The molecule has 0 radical (unpaired) electrons. The minimum absolute atomic E-state index is 0.0149. The van der Waals surface area contributed by atoms with Gasteiger partial charge in [-0.1, -0.05) is 41.9 Å². The summed E-state index contributed by atoms with van der Waals surface area (Å²) < 4.78 is 38.9. The predicted octanol–water partition coefficient (Wildman–Crippen LogP) is 4.85. The molecule has 0 bridgehead atoms. The van der Waals surface area contributed by atoms with Crippen molar-refractivity contribution in [1.29, 1.82) is 0 Å². The fourth-order valence-electron chi connectivity index (χ4n) is 1.80. The van der Waals surface area contributed by atoms with E-state index in [1.54, 1.807) is 0 Å². The Labute approximate surface area is 136 Å². The molecule has 7 heteroatoms. The van der Waals surface area contributed by atoms with Crippen LogP contribution in [0.5, 0.6) is 0 Å². The van der Waals surface area contributed by atoms with Gasteiger partial charge in [0.05, 0.1) is 11.3 Å². The van der Waals surface area contributed by atoms with Crippen LogP contribution in [0, 0.1) is 0 Å². The molecule has 0 saturated heterocycles. The summed E-state index contributed by atoms with van der Waals surface area (Å²) in [5.41, 5.74) is -0.0230. The summed E-state index contributed by atoms with van der Waals surface area (Å²) in [6.07, 6.45) is -4.51. The first-order valence-electron chi connectivity index (χ1n) is 6.32. The van der Waals surface area contributed by atoms with Crippen LogP contribution < -0.4 is 10.6 Å². The van der Waals surface area contributed by atoms with Crippen molar-refractivity contribution in [2.75, 3.05) is 5.32 Å². The van der Waals surface area contributed by atoms with E-state index in [2.05, 4.69) is 10.6 Å². The monoisotopic (exact) mass is 344 g/mol. The second kappa shape index (κ2) is 6.98. The molecule has 116 valence electrons. The normalized spacial score (nSPS) is 11.1. The molecule has 2 rings (SSSR count). The number of hydrogen-bond acceptors (Lipinski definition) is 1. The highest BCUT2D eigenvalue weighted by molar-refractivity contribution is 7.80. The van der Waals surface area contributed by atoms with Gasteiger partial charge in [0.25, 0.3) is 0 Å². The Kier molecular flexibility index (Phi) is 5.26. The van der Waals surface area contributed by atoms with Gasteiger partial charge >= 0.3 is 6.18 Å². The molecule has 0 atom stereocenters. The highest BCUT2D eigenvalue weighted by Gasteiger charge is 2.34. The van der Waals surface area contributed by atoms with E-state index in [1.807, 2.05) is 30.3 Å². The first kappa shape index (κ1) is 16.6. The summed E-state index contributed by atoms with van der Waals surface area (Å²) >= 11 is 10.7. The fourth-order valence-corrected chi connectivity index (χ4v) is 2.16. The molecule has 0 unspecified atom stereocenters. The molecule has 0 amide bonds. The summed E-state index contributed by atoms with van der Waals surface area (Å²) in [4.78, 5) is 0. The molecule has 0 spiro atoms. The van der Waals surface area contributed by atoms with E-state index in [-0.39, 0.29) is 15.8 Å². The average molecular weight is 345 g/mol. The Morgan fingerprint density at radius 2 is 1.77 bits per heavy atom. The van der Waals surface area contributed by atoms with Gasteiger partial charge in [-0.15, -0.1) is 0 Å². The maximum atomic E-state index is 13.0. The van der Waals surface area contributed by atoms with Crippen LogP contribution in [0.1, 0.15) is 11.1 Å². The molecule has 2 aromatic rings. The number of alkyl halides is 3. The van der Waals surface area contributed by atoms with Gasteiger partial charge in [0.15, 0.2) is 5.11 Å². The van der Waals surface area contributed by atoms with Crippen molar-refractivity contribution in [2.24, 2.45) is 0 Å². The quantitative estimate of drug-likeness (QED) is 0.779. The molecule has 0 aliphatic carbocycles. The lowest BCUT2D eigenvalue weighted by atomic mass is 10.1. The van der Waals surface area contributed by atoms with Gasteiger partial charge in [-0.25, -0.2) is 0 Å². The Balaban J connectivity index is 2.06. The number of halogens is 4. The van der Waals surface area contributed by atoms with Gasteiger partial charge in [0.1, 0.15) is 0 Å². The van der Waals surface area contributed by atoms with Crippen molar-refractivity contribution in [1.82, 2.24) is 5.32 Å². The summed E-state index contributed by atoms with van der Waals surface area (Å²) in [6, 6.07) is 12.9. The molecular formula is C15H12ClF3N2S. The Hall–Kier alpha value is -1.79. The van der Waals surface area contributed by atoms with E-state index in [0.29, 0.717) is 6.54 Å². The molecule has 22 heavy (non-hydrogen) atoms. The van der Waals surface area contributed by atoms with Crippen LogP contribution >= 0.6 is 23.8 Å². The Morgan fingerprint density at radius 1 is 1.09 bits per heavy atom. The molecule has 2 N–H and O–H groups in total. The summed E-state index contributed by atoms with van der Waals surface area (Å²) in [5.74, 6) is 0. The van der Waals surface area contributed by atoms with E-state index >= 15 is 0 Å². The number of rotatable bonds is 3. The third kappa shape index (κ3) is 4.61. The molecule has 0 saturated carbocycles. The van der Waals surface area contributed by atoms with Gasteiger partial charge in [-0.2, -0.15) is 13.2 Å². The van der Waals surface area contributed by atoms with Gasteiger partial charge in [0.2, 0.25) is 0 Å². The van der Waals surface area contributed by atoms with E-state index in [9.17, 15) is 13.2 Å². The van der Waals surface area contributed by atoms with Crippen LogP contribution in [0.2, 0.25) is 5.02 Å². The molecular weight excluding hydrogens is 333 g/mol. The first-order chi connectivity index (χ1) is 10.4. The molecule has 2 nitrogen and oxygen atoms in total. The standard InChI is InChI=1S/C15H12ClF3N2S/c16-11-6-7-13(12(8-11)15(17,18)19)21-14(22)20-9-10-4-2-1-3-5-10/h1-8H,9H2,(H2,20,21,22). The Bertz CT molecular complexity index is 660. The number of thiocarbonyl (C=S) groups is 1. The largest absolute Gasteiger partial charge is 0.418 e. The van der Waals surface area contributed by atoms with E-state index in [1.165, 1.54) is 12.1 Å². The summed E-state index contributed by atoms with van der Waals surface area (Å²) in [7, 11) is 0. The van der Waals surface area contributed by atoms with E-state index < -0.39 is 11.7 Å². The second-order valence-electron chi connectivity index (χ2n) is 4.48. The van der Waals surface area contributed by atoms with Gasteiger partial charge in [0, 0.05) is 11.6 Å². The fraction of sp³-hybridized carbons (Fsp3) is 0.133. The van der Waals surface area contributed by atoms with Crippen molar-refractivity contribution in [3.05, 3.63) is 64.7 Å².